The molecule has 2 rings (SSSR count). The summed E-state index contributed by atoms with van der Waals surface area (Å²) in [6.45, 7) is 6.00. The van der Waals surface area contributed by atoms with Crippen LogP contribution in [-0.4, -0.2) is 36.5 Å². The van der Waals surface area contributed by atoms with Crippen molar-refractivity contribution in [3.05, 3.63) is 46.3 Å². The smallest absolute Gasteiger partial charge is 0.227 e. The van der Waals surface area contributed by atoms with E-state index in [0.29, 0.717) is 18.8 Å². The van der Waals surface area contributed by atoms with Crippen molar-refractivity contribution >= 4 is 53.0 Å². The Bertz CT molecular complexity index is 673. The SMILES string of the molecule is CCNC(=NCCc1cccs1)NCCC(=O)Nc1ccc(C)cn1.I. The first-order valence-corrected chi connectivity index (χ1v) is 9.32. The lowest BCUT2D eigenvalue weighted by Crippen LogP contribution is -2.38. The Morgan fingerprint density at radius 1 is 1.27 bits per heavy atom. The third-order valence-electron chi connectivity index (χ3n) is 3.38. The summed E-state index contributed by atoms with van der Waals surface area (Å²) in [7, 11) is 0. The molecular weight excluding hydrogens is 461 g/mol. The number of aromatic nitrogens is 1. The highest BCUT2D eigenvalue weighted by atomic mass is 127. The van der Waals surface area contributed by atoms with Gasteiger partial charge in [0.2, 0.25) is 5.91 Å². The second kappa shape index (κ2) is 12.6. The quantitative estimate of drug-likeness (QED) is 0.304. The van der Waals surface area contributed by atoms with Crippen LogP contribution in [0.25, 0.3) is 0 Å². The number of pyridine rings is 1. The molecule has 0 aliphatic rings. The van der Waals surface area contributed by atoms with Crippen LogP contribution in [0.15, 0.2) is 40.8 Å². The number of hydrogen-bond donors (Lipinski definition) is 3. The molecular formula is C18H26IN5OS. The highest BCUT2D eigenvalue weighted by molar-refractivity contribution is 14.0. The third kappa shape index (κ3) is 8.61. The highest BCUT2D eigenvalue weighted by Gasteiger charge is 2.04. The van der Waals surface area contributed by atoms with Crippen LogP contribution in [0, 0.1) is 6.92 Å². The van der Waals surface area contributed by atoms with Crippen molar-refractivity contribution in [2.24, 2.45) is 4.99 Å². The molecule has 1 amide bonds. The lowest BCUT2D eigenvalue weighted by atomic mass is 10.3. The second-order valence-electron chi connectivity index (χ2n) is 5.54. The zero-order valence-corrected chi connectivity index (χ0v) is 18.3. The minimum absolute atomic E-state index is 0. The number of carbonyl (C=O) groups excluding carboxylic acids is 1. The van der Waals surface area contributed by atoms with E-state index in [4.69, 9.17) is 0 Å². The van der Waals surface area contributed by atoms with Gasteiger partial charge in [0.25, 0.3) is 0 Å². The van der Waals surface area contributed by atoms with Crippen molar-refractivity contribution in [3.63, 3.8) is 0 Å². The minimum atomic E-state index is -0.0710. The van der Waals surface area contributed by atoms with E-state index in [-0.39, 0.29) is 29.9 Å². The average Bonchev–Trinajstić information content (AvgIpc) is 3.10. The number of anilines is 1. The van der Waals surface area contributed by atoms with Gasteiger partial charge in [-0.1, -0.05) is 12.1 Å². The number of carbonyl (C=O) groups is 1. The van der Waals surface area contributed by atoms with E-state index in [0.717, 1.165) is 31.0 Å². The number of nitrogens with one attached hydrogen (secondary N) is 3. The normalized spacial score (nSPS) is 10.8. The molecule has 142 valence electrons. The van der Waals surface area contributed by atoms with Crippen molar-refractivity contribution in [1.82, 2.24) is 15.6 Å². The number of aliphatic imine (C=N–C) groups is 1. The van der Waals surface area contributed by atoms with Gasteiger partial charge in [-0.15, -0.1) is 35.3 Å². The summed E-state index contributed by atoms with van der Waals surface area (Å²) in [4.78, 5) is 22.0. The monoisotopic (exact) mass is 487 g/mol. The Morgan fingerprint density at radius 2 is 2.12 bits per heavy atom. The Balaban J connectivity index is 0.00000338. The molecule has 0 fully saturated rings. The summed E-state index contributed by atoms with van der Waals surface area (Å²) in [5.41, 5.74) is 1.06. The number of hydrogen-bond acceptors (Lipinski definition) is 4. The topological polar surface area (TPSA) is 78.4 Å². The van der Waals surface area contributed by atoms with Crippen molar-refractivity contribution in [2.45, 2.75) is 26.7 Å². The van der Waals surface area contributed by atoms with Crippen LogP contribution in [0.5, 0.6) is 0 Å². The molecule has 0 aliphatic carbocycles. The van der Waals surface area contributed by atoms with Gasteiger partial charge in [0.15, 0.2) is 5.96 Å². The average molecular weight is 487 g/mol. The summed E-state index contributed by atoms with van der Waals surface area (Å²) in [5, 5.41) is 11.2. The van der Waals surface area contributed by atoms with Gasteiger partial charge < -0.3 is 16.0 Å². The Morgan fingerprint density at radius 3 is 2.77 bits per heavy atom. The van der Waals surface area contributed by atoms with Gasteiger partial charge in [0.05, 0.1) is 0 Å². The maximum atomic E-state index is 12.0. The van der Waals surface area contributed by atoms with E-state index in [1.807, 2.05) is 19.9 Å². The molecule has 2 aromatic heterocycles. The first-order valence-electron chi connectivity index (χ1n) is 8.44. The Kier molecular flexibility index (Phi) is 10.9. The zero-order valence-electron chi connectivity index (χ0n) is 15.1. The molecule has 0 spiro atoms. The molecule has 0 saturated carbocycles. The number of thiophene rings is 1. The number of amides is 1. The molecule has 0 atom stereocenters. The molecule has 0 unspecified atom stereocenters. The lowest BCUT2D eigenvalue weighted by molar-refractivity contribution is -0.116. The molecule has 0 aliphatic heterocycles. The predicted molar refractivity (Wildman–Crippen MR) is 120 cm³/mol. The molecule has 3 N–H and O–H groups in total. The fourth-order valence-electron chi connectivity index (χ4n) is 2.12. The molecule has 0 saturated heterocycles. The van der Waals surface area contributed by atoms with Crippen molar-refractivity contribution in [3.8, 4) is 0 Å². The van der Waals surface area contributed by atoms with Crippen LogP contribution in [-0.2, 0) is 11.2 Å². The maximum Gasteiger partial charge on any atom is 0.227 e. The van der Waals surface area contributed by atoms with E-state index >= 15 is 0 Å². The summed E-state index contributed by atoms with van der Waals surface area (Å²) in [5.74, 6) is 1.24. The van der Waals surface area contributed by atoms with Crippen LogP contribution in [0.3, 0.4) is 0 Å². The molecule has 8 heteroatoms. The molecule has 0 aromatic carbocycles. The van der Waals surface area contributed by atoms with Crippen molar-refractivity contribution in [2.75, 3.05) is 25.0 Å². The summed E-state index contributed by atoms with van der Waals surface area (Å²) in [6.07, 6.45) is 3.01. The van der Waals surface area contributed by atoms with E-state index < -0.39 is 0 Å². The molecule has 2 aromatic rings. The summed E-state index contributed by atoms with van der Waals surface area (Å²) in [6, 6.07) is 7.89. The van der Waals surface area contributed by atoms with Gasteiger partial charge in [0.1, 0.15) is 5.82 Å². The molecule has 0 bridgehead atoms. The number of rotatable bonds is 8. The number of aryl methyl sites for hydroxylation is 1. The van der Waals surface area contributed by atoms with Gasteiger partial charge in [-0.05, 0) is 36.9 Å². The maximum absolute atomic E-state index is 12.0. The van der Waals surface area contributed by atoms with E-state index in [1.54, 1.807) is 23.6 Å². The van der Waals surface area contributed by atoms with Crippen molar-refractivity contribution < 1.29 is 4.79 Å². The highest BCUT2D eigenvalue weighted by Crippen LogP contribution is 2.08. The Hall–Kier alpha value is -1.68. The third-order valence-corrected chi connectivity index (χ3v) is 4.31. The number of guanidine groups is 1. The van der Waals surface area contributed by atoms with Crippen LogP contribution >= 0.6 is 35.3 Å². The van der Waals surface area contributed by atoms with Gasteiger partial charge in [0, 0.05) is 43.5 Å². The molecule has 0 radical (unpaired) electrons. The van der Waals surface area contributed by atoms with Crippen LogP contribution in [0.2, 0.25) is 0 Å². The zero-order chi connectivity index (χ0) is 17.9. The number of halogens is 1. The van der Waals surface area contributed by atoms with Gasteiger partial charge in [-0.25, -0.2) is 4.98 Å². The summed E-state index contributed by atoms with van der Waals surface area (Å²) < 4.78 is 0. The van der Waals surface area contributed by atoms with Crippen molar-refractivity contribution in [1.29, 1.82) is 0 Å². The largest absolute Gasteiger partial charge is 0.357 e. The predicted octanol–water partition coefficient (Wildman–Crippen LogP) is 3.20. The molecule has 26 heavy (non-hydrogen) atoms. The van der Waals surface area contributed by atoms with E-state index in [2.05, 4.69) is 43.4 Å². The van der Waals surface area contributed by atoms with E-state index in [1.165, 1.54) is 4.88 Å². The summed E-state index contributed by atoms with van der Waals surface area (Å²) >= 11 is 1.74. The lowest BCUT2D eigenvalue weighted by Gasteiger charge is -2.11. The van der Waals surface area contributed by atoms with Crippen LogP contribution in [0.4, 0.5) is 5.82 Å². The second-order valence-corrected chi connectivity index (χ2v) is 6.57. The fourth-order valence-corrected chi connectivity index (χ4v) is 2.81. The fraction of sp³-hybridized carbons (Fsp3) is 0.389. The Labute approximate surface area is 175 Å². The first kappa shape index (κ1) is 22.4. The molecule has 2 heterocycles. The first-order chi connectivity index (χ1) is 12.2. The minimum Gasteiger partial charge on any atom is -0.357 e. The van der Waals surface area contributed by atoms with Crippen LogP contribution < -0.4 is 16.0 Å². The van der Waals surface area contributed by atoms with Gasteiger partial charge in [-0.3, -0.25) is 9.79 Å². The standard InChI is InChI=1S/C18H25N5OS.HI/c1-3-19-18(20-10-8-15-5-4-12-25-15)21-11-9-17(24)23-16-7-6-14(2)13-22-16;/h4-7,12-13H,3,8-11H2,1-2H3,(H2,19,20,21)(H,22,23,24);1H. The van der Waals surface area contributed by atoms with Gasteiger partial charge in [-0.2, -0.15) is 0 Å². The number of nitrogens with zero attached hydrogens (tertiary/aromatic N) is 2. The van der Waals surface area contributed by atoms with Crippen LogP contribution in [0.1, 0.15) is 23.8 Å². The van der Waals surface area contributed by atoms with E-state index in [9.17, 15) is 4.79 Å². The van der Waals surface area contributed by atoms with Gasteiger partial charge >= 0.3 is 0 Å². The molecule has 6 nitrogen and oxygen atoms in total.